The minimum Gasteiger partial charge on any atom is -0.377 e. The molecule has 1 saturated heterocycles. The van der Waals surface area contributed by atoms with E-state index in [4.69, 9.17) is 14.7 Å². The first-order valence-corrected chi connectivity index (χ1v) is 11.8. The van der Waals surface area contributed by atoms with Crippen LogP contribution < -0.4 is 4.90 Å². The number of carbonyl (C=O) groups excluding carboxylic acids is 1. The highest BCUT2D eigenvalue weighted by Crippen LogP contribution is 2.36. The fourth-order valence-corrected chi connectivity index (χ4v) is 5.16. The van der Waals surface area contributed by atoms with Crippen molar-refractivity contribution in [3.05, 3.63) is 41.7 Å². The topological polar surface area (TPSA) is 74.3 Å². The van der Waals surface area contributed by atoms with Crippen LogP contribution in [0.3, 0.4) is 0 Å². The Kier molecular flexibility index (Phi) is 4.86. The minimum atomic E-state index is 0.213. The van der Waals surface area contributed by atoms with Crippen LogP contribution in [0.5, 0.6) is 0 Å². The zero-order valence-corrected chi connectivity index (χ0v) is 18.5. The summed E-state index contributed by atoms with van der Waals surface area (Å²) < 4.78 is 5.64. The van der Waals surface area contributed by atoms with Gasteiger partial charge < -0.3 is 19.5 Å². The van der Waals surface area contributed by atoms with Crippen molar-refractivity contribution < 1.29 is 9.53 Å². The molecule has 0 spiro atoms. The van der Waals surface area contributed by atoms with Crippen molar-refractivity contribution >= 4 is 22.8 Å². The first kappa shape index (κ1) is 19.7. The van der Waals surface area contributed by atoms with Crippen molar-refractivity contribution in [1.29, 1.82) is 0 Å². The van der Waals surface area contributed by atoms with E-state index in [9.17, 15) is 4.79 Å². The lowest BCUT2D eigenvalue weighted by Crippen LogP contribution is -2.45. The fraction of sp³-hybridized carbons (Fsp3) is 0.480. The summed E-state index contributed by atoms with van der Waals surface area (Å²) in [4.78, 5) is 30.8. The van der Waals surface area contributed by atoms with E-state index in [0.717, 1.165) is 60.8 Å². The van der Waals surface area contributed by atoms with Gasteiger partial charge in [-0.05, 0) is 32.3 Å². The maximum atomic E-state index is 13.0. The second-order valence-electron chi connectivity index (χ2n) is 9.30. The monoisotopic (exact) mass is 431 g/mol. The fourth-order valence-electron chi connectivity index (χ4n) is 5.16. The largest absolute Gasteiger partial charge is 0.377 e. The van der Waals surface area contributed by atoms with Crippen LogP contribution in [0.4, 0.5) is 5.95 Å². The lowest BCUT2D eigenvalue weighted by molar-refractivity contribution is -0.139. The first-order valence-electron chi connectivity index (χ1n) is 11.8. The molecule has 32 heavy (non-hydrogen) atoms. The summed E-state index contributed by atoms with van der Waals surface area (Å²) in [5, 5.41) is 1.17. The smallest absolute Gasteiger partial charge is 0.226 e. The number of hydrogen-bond donors (Lipinski definition) is 1. The van der Waals surface area contributed by atoms with Crippen LogP contribution in [0.1, 0.15) is 37.4 Å². The number of aromatic nitrogens is 3. The molecule has 2 fully saturated rings. The van der Waals surface area contributed by atoms with E-state index in [1.165, 1.54) is 17.4 Å². The molecule has 6 rings (SSSR count). The van der Waals surface area contributed by atoms with E-state index < -0.39 is 0 Å². The Morgan fingerprint density at radius 1 is 1.19 bits per heavy atom. The first-order chi connectivity index (χ1) is 15.7. The highest BCUT2D eigenvalue weighted by molar-refractivity contribution is 5.95. The van der Waals surface area contributed by atoms with E-state index in [1.54, 1.807) is 0 Å². The van der Waals surface area contributed by atoms with Crippen LogP contribution >= 0.6 is 0 Å². The SMILES string of the molecule is CC1COCCN1c1nc2c(c(-c3c[nH]c4ccccc34)n1)CCN(C(=O)C1CCC1)C2. The van der Waals surface area contributed by atoms with Crippen LogP contribution in [0.25, 0.3) is 22.2 Å². The number of carbonyl (C=O) groups is 1. The molecular weight excluding hydrogens is 402 g/mol. The second-order valence-corrected chi connectivity index (χ2v) is 9.30. The molecule has 7 nitrogen and oxygen atoms in total. The summed E-state index contributed by atoms with van der Waals surface area (Å²) >= 11 is 0. The van der Waals surface area contributed by atoms with E-state index in [1.807, 2.05) is 11.0 Å². The quantitative estimate of drug-likeness (QED) is 0.687. The minimum absolute atomic E-state index is 0.213. The molecule has 4 heterocycles. The molecule has 0 bridgehead atoms. The molecule has 2 aromatic heterocycles. The van der Waals surface area contributed by atoms with Crippen molar-refractivity contribution in [3.63, 3.8) is 0 Å². The molecule has 1 N–H and O–H groups in total. The van der Waals surface area contributed by atoms with Gasteiger partial charge in [-0.1, -0.05) is 24.6 Å². The van der Waals surface area contributed by atoms with Gasteiger partial charge in [0.25, 0.3) is 0 Å². The zero-order valence-electron chi connectivity index (χ0n) is 18.5. The Morgan fingerprint density at radius 2 is 2.06 bits per heavy atom. The molecule has 1 saturated carbocycles. The lowest BCUT2D eigenvalue weighted by Gasteiger charge is -2.37. The van der Waals surface area contributed by atoms with E-state index in [-0.39, 0.29) is 12.0 Å². The van der Waals surface area contributed by atoms with Gasteiger partial charge in [-0.25, -0.2) is 9.97 Å². The average molecular weight is 432 g/mol. The summed E-state index contributed by atoms with van der Waals surface area (Å²) in [6.45, 7) is 5.61. The van der Waals surface area contributed by atoms with E-state index in [0.29, 0.717) is 25.7 Å². The Morgan fingerprint density at radius 3 is 2.88 bits per heavy atom. The summed E-state index contributed by atoms with van der Waals surface area (Å²) in [6, 6.07) is 8.56. The Bertz CT molecular complexity index is 1170. The maximum absolute atomic E-state index is 13.0. The molecule has 1 unspecified atom stereocenters. The van der Waals surface area contributed by atoms with Gasteiger partial charge in [-0.3, -0.25) is 4.79 Å². The predicted octanol–water partition coefficient (Wildman–Crippen LogP) is 3.53. The van der Waals surface area contributed by atoms with Crippen molar-refractivity contribution in [2.75, 3.05) is 31.2 Å². The van der Waals surface area contributed by atoms with Gasteiger partial charge >= 0.3 is 0 Å². The third kappa shape index (κ3) is 3.26. The van der Waals surface area contributed by atoms with Crippen molar-refractivity contribution in [2.24, 2.45) is 5.92 Å². The number of benzene rings is 1. The normalized spacial score (nSPS) is 21.5. The number of nitrogens with zero attached hydrogens (tertiary/aromatic N) is 4. The number of aromatic amines is 1. The molecule has 1 aliphatic carbocycles. The van der Waals surface area contributed by atoms with Crippen molar-refractivity contribution in [2.45, 2.75) is 45.2 Å². The Hall–Kier alpha value is -2.93. The number of morpholine rings is 1. The van der Waals surface area contributed by atoms with Crippen LogP contribution in [-0.2, 0) is 22.5 Å². The highest BCUT2D eigenvalue weighted by Gasteiger charge is 2.34. The molecule has 2 aliphatic heterocycles. The highest BCUT2D eigenvalue weighted by atomic mass is 16.5. The number of para-hydroxylation sites is 1. The van der Waals surface area contributed by atoms with Crippen LogP contribution in [0.2, 0.25) is 0 Å². The summed E-state index contributed by atoms with van der Waals surface area (Å²) in [5.74, 6) is 1.26. The van der Waals surface area contributed by atoms with Gasteiger partial charge in [0, 0.05) is 47.2 Å². The van der Waals surface area contributed by atoms with Crippen LogP contribution in [0, 0.1) is 5.92 Å². The number of amides is 1. The number of rotatable bonds is 3. The maximum Gasteiger partial charge on any atom is 0.226 e. The number of H-pyrrole nitrogens is 1. The van der Waals surface area contributed by atoms with Crippen molar-refractivity contribution in [3.8, 4) is 11.3 Å². The molecule has 0 radical (unpaired) electrons. The van der Waals surface area contributed by atoms with E-state index >= 15 is 0 Å². The van der Waals surface area contributed by atoms with Gasteiger partial charge in [-0.2, -0.15) is 0 Å². The van der Waals surface area contributed by atoms with Gasteiger partial charge in [-0.15, -0.1) is 0 Å². The molecule has 1 aromatic carbocycles. The van der Waals surface area contributed by atoms with Gasteiger partial charge in [0.2, 0.25) is 11.9 Å². The summed E-state index contributed by atoms with van der Waals surface area (Å²) in [5.41, 5.74) is 5.38. The van der Waals surface area contributed by atoms with Gasteiger partial charge in [0.1, 0.15) is 0 Å². The summed E-state index contributed by atoms with van der Waals surface area (Å²) in [7, 11) is 0. The Labute approximate surface area is 187 Å². The lowest BCUT2D eigenvalue weighted by atomic mass is 9.84. The second kappa shape index (κ2) is 7.89. The Balaban J connectivity index is 1.45. The third-order valence-corrected chi connectivity index (χ3v) is 7.29. The van der Waals surface area contributed by atoms with Gasteiger partial charge in [0.15, 0.2) is 0 Å². The number of ether oxygens (including phenoxy) is 1. The molecule has 1 amide bonds. The molecule has 1 atom stereocenters. The molecular formula is C25H29N5O2. The van der Waals surface area contributed by atoms with Gasteiger partial charge in [0.05, 0.1) is 37.2 Å². The molecule has 3 aliphatic rings. The number of hydrogen-bond acceptors (Lipinski definition) is 5. The van der Waals surface area contributed by atoms with Crippen LogP contribution in [-0.4, -0.2) is 58.1 Å². The molecule has 3 aromatic rings. The summed E-state index contributed by atoms with van der Waals surface area (Å²) in [6.07, 6.45) is 6.09. The van der Waals surface area contributed by atoms with Crippen molar-refractivity contribution in [1.82, 2.24) is 19.9 Å². The zero-order chi connectivity index (χ0) is 21.7. The standard InChI is InChI=1S/C25H29N5O2/c1-16-15-32-12-11-30(16)25-27-22-14-29(24(31)17-5-4-6-17)10-9-19(22)23(28-25)20-13-26-21-8-3-2-7-18(20)21/h2-3,7-8,13,16-17,26H,4-6,9-12,14-15H2,1H3. The number of nitrogens with one attached hydrogen (secondary N) is 1. The van der Waals surface area contributed by atoms with Crippen LogP contribution in [0.15, 0.2) is 30.5 Å². The third-order valence-electron chi connectivity index (χ3n) is 7.29. The predicted molar refractivity (Wildman–Crippen MR) is 123 cm³/mol. The van der Waals surface area contributed by atoms with E-state index in [2.05, 4.69) is 41.2 Å². The average Bonchev–Trinajstić information content (AvgIpc) is 3.21. The number of anilines is 1. The number of fused-ring (bicyclic) bond motifs is 2. The molecule has 166 valence electrons. The molecule has 7 heteroatoms.